The average Bonchev–Trinajstić information content (AvgIpc) is 3.41. The molecule has 2 N–H and O–H groups in total. The van der Waals surface area contributed by atoms with Gasteiger partial charge in [-0.3, -0.25) is 9.48 Å². The Bertz CT molecular complexity index is 1550. The van der Waals surface area contributed by atoms with E-state index in [4.69, 9.17) is 10.5 Å². The molecule has 2 aromatic carbocycles. The molecule has 2 aliphatic rings. The van der Waals surface area contributed by atoms with Gasteiger partial charge in [0.2, 0.25) is 5.82 Å². The highest BCUT2D eigenvalue weighted by Crippen LogP contribution is 2.48. The summed E-state index contributed by atoms with van der Waals surface area (Å²) in [5.74, 6) is -2.51. The number of halogens is 4. The van der Waals surface area contributed by atoms with Crippen molar-refractivity contribution in [3.05, 3.63) is 53.5 Å². The first-order valence-corrected chi connectivity index (χ1v) is 11.2. The third kappa shape index (κ3) is 3.39. The minimum atomic E-state index is -5.04. The third-order valence-electron chi connectivity index (χ3n) is 6.70. The Kier molecular flexibility index (Phi) is 4.79. The highest BCUT2D eigenvalue weighted by atomic mass is 19.4. The molecule has 1 amide bonds. The van der Waals surface area contributed by atoms with Gasteiger partial charge >= 0.3 is 6.36 Å². The number of ether oxygens (including phenoxy) is 2. The zero-order valence-electron chi connectivity index (χ0n) is 18.8. The molecular formula is C24H19F4N5O3. The standard InChI is InChI=1S/C24H19F4N5O3/c1-32-19-13-9-11(4-6-15(13)31-22(29)14(19)10-30-32)23(34)33-8-2-3-17-20(33)12-5-7-16(36-24(26,27)28)18(25)21(12)35-17/h4-7,9-10,17,20H,2-3,8H2,1H3,(H2,29,31)/t17-,20-/m0/s1. The monoisotopic (exact) mass is 501 g/mol. The Morgan fingerprint density at radius 2 is 2.03 bits per heavy atom. The number of aromatic nitrogens is 3. The van der Waals surface area contributed by atoms with Crippen molar-refractivity contribution in [2.24, 2.45) is 7.05 Å². The van der Waals surface area contributed by atoms with Crippen LogP contribution in [0.2, 0.25) is 0 Å². The Balaban J connectivity index is 1.40. The van der Waals surface area contributed by atoms with E-state index in [1.54, 1.807) is 41.0 Å². The SMILES string of the molecule is Cn1ncc2c(N)nc3ccc(C(=O)N4CCC[C@@H]5Oc6c(ccc(OC(F)(F)F)c6F)[C@@H]54)cc3c21. The highest BCUT2D eigenvalue weighted by molar-refractivity contribution is 6.10. The van der Waals surface area contributed by atoms with E-state index < -0.39 is 30.1 Å². The number of anilines is 1. The number of carbonyl (C=O) groups excluding carboxylic acids is 1. The normalized spacial score (nSPS) is 19.3. The summed E-state index contributed by atoms with van der Waals surface area (Å²) in [7, 11) is 1.77. The maximum Gasteiger partial charge on any atom is 0.573 e. The van der Waals surface area contributed by atoms with Gasteiger partial charge in [-0.15, -0.1) is 13.2 Å². The van der Waals surface area contributed by atoms with Crippen molar-refractivity contribution in [2.75, 3.05) is 12.3 Å². The maximum atomic E-state index is 14.9. The molecule has 2 atom stereocenters. The molecule has 4 heterocycles. The first-order valence-electron chi connectivity index (χ1n) is 11.2. The Labute approximate surface area is 201 Å². The molecule has 1 saturated heterocycles. The predicted molar refractivity (Wildman–Crippen MR) is 121 cm³/mol. The molecule has 0 radical (unpaired) electrons. The van der Waals surface area contributed by atoms with Crippen LogP contribution in [0.1, 0.15) is 34.8 Å². The van der Waals surface area contributed by atoms with Crippen molar-refractivity contribution in [2.45, 2.75) is 31.3 Å². The van der Waals surface area contributed by atoms with E-state index in [1.807, 2.05) is 0 Å². The van der Waals surface area contributed by atoms with Crippen molar-refractivity contribution in [1.82, 2.24) is 19.7 Å². The fourth-order valence-corrected chi connectivity index (χ4v) is 5.20. The second-order valence-electron chi connectivity index (χ2n) is 8.85. The van der Waals surface area contributed by atoms with Gasteiger partial charge in [-0.1, -0.05) is 0 Å². The molecule has 2 aliphatic heterocycles. The quantitative estimate of drug-likeness (QED) is 0.407. The van der Waals surface area contributed by atoms with Gasteiger partial charge in [0.15, 0.2) is 11.5 Å². The third-order valence-corrected chi connectivity index (χ3v) is 6.70. The van der Waals surface area contributed by atoms with Crippen LogP contribution in [0.5, 0.6) is 11.5 Å². The van der Waals surface area contributed by atoms with Gasteiger partial charge in [-0.2, -0.15) is 9.49 Å². The van der Waals surface area contributed by atoms with E-state index in [0.29, 0.717) is 52.6 Å². The number of likely N-dealkylation sites (tertiary alicyclic amines) is 1. The molecule has 0 spiro atoms. The summed E-state index contributed by atoms with van der Waals surface area (Å²) < 4.78 is 64.0. The fraction of sp³-hybridized carbons (Fsp3) is 0.292. The lowest BCUT2D eigenvalue weighted by Gasteiger charge is -2.36. The Morgan fingerprint density at radius 1 is 1.22 bits per heavy atom. The van der Waals surface area contributed by atoms with Gasteiger partial charge < -0.3 is 20.1 Å². The summed E-state index contributed by atoms with van der Waals surface area (Å²) in [4.78, 5) is 19.7. The smallest absolute Gasteiger partial charge is 0.484 e. The molecule has 0 bridgehead atoms. The summed E-state index contributed by atoms with van der Waals surface area (Å²) in [6.07, 6.45) is -2.91. The number of piperidine rings is 1. The fourth-order valence-electron chi connectivity index (χ4n) is 5.20. The van der Waals surface area contributed by atoms with Crippen molar-refractivity contribution in [3.8, 4) is 11.5 Å². The van der Waals surface area contributed by atoms with E-state index in [0.717, 1.165) is 11.6 Å². The number of nitrogens with two attached hydrogens (primary N) is 1. The molecule has 0 saturated carbocycles. The summed E-state index contributed by atoms with van der Waals surface area (Å²) in [6, 6.07) is 6.65. The topological polar surface area (TPSA) is 95.5 Å². The van der Waals surface area contributed by atoms with Gasteiger partial charge in [0.1, 0.15) is 11.9 Å². The van der Waals surface area contributed by atoms with E-state index in [2.05, 4.69) is 14.8 Å². The van der Waals surface area contributed by atoms with Crippen LogP contribution < -0.4 is 15.2 Å². The van der Waals surface area contributed by atoms with Crippen molar-refractivity contribution in [3.63, 3.8) is 0 Å². The van der Waals surface area contributed by atoms with Gasteiger partial charge in [-0.05, 0) is 43.2 Å². The number of hydrogen-bond donors (Lipinski definition) is 1. The second kappa shape index (κ2) is 7.70. The second-order valence-corrected chi connectivity index (χ2v) is 8.85. The molecule has 4 aromatic rings. The number of aryl methyl sites for hydroxylation is 1. The summed E-state index contributed by atoms with van der Waals surface area (Å²) in [5, 5.41) is 5.61. The first kappa shape index (κ1) is 22.4. The van der Waals surface area contributed by atoms with Crippen LogP contribution >= 0.6 is 0 Å². The minimum absolute atomic E-state index is 0.310. The van der Waals surface area contributed by atoms with Crippen LogP contribution in [-0.2, 0) is 7.05 Å². The lowest BCUT2D eigenvalue weighted by molar-refractivity contribution is -0.275. The van der Waals surface area contributed by atoms with Crippen LogP contribution in [0, 0.1) is 5.82 Å². The number of alkyl halides is 3. The maximum absolute atomic E-state index is 14.9. The highest BCUT2D eigenvalue weighted by Gasteiger charge is 2.45. The lowest BCUT2D eigenvalue weighted by Crippen LogP contribution is -2.44. The van der Waals surface area contributed by atoms with Gasteiger partial charge in [-0.25, -0.2) is 4.98 Å². The average molecular weight is 501 g/mol. The number of nitrogen functional groups attached to an aromatic ring is 1. The number of carbonyl (C=O) groups is 1. The zero-order valence-corrected chi connectivity index (χ0v) is 18.8. The molecule has 12 heteroatoms. The minimum Gasteiger partial charge on any atom is -0.484 e. The molecule has 6 rings (SSSR count). The van der Waals surface area contributed by atoms with Crippen LogP contribution in [0.4, 0.5) is 23.4 Å². The predicted octanol–water partition coefficient (Wildman–Crippen LogP) is 4.48. The van der Waals surface area contributed by atoms with Crippen molar-refractivity contribution < 1.29 is 31.8 Å². The molecule has 8 nitrogen and oxygen atoms in total. The summed E-state index contributed by atoms with van der Waals surface area (Å²) in [6.45, 7) is 0.379. The number of rotatable bonds is 2. The molecule has 0 aliphatic carbocycles. The number of hydrogen-bond acceptors (Lipinski definition) is 6. The number of amides is 1. The molecule has 0 unspecified atom stereocenters. The molecule has 36 heavy (non-hydrogen) atoms. The van der Waals surface area contributed by atoms with E-state index in [1.165, 1.54) is 6.07 Å². The van der Waals surface area contributed by atoms with Gasteiger partial charge in [0, 0.05) is 30.1 Å². The summed E-state index contributed by atoms with van der Waals surface area (Å²) in [5.41, 5.74) is 8.08. The Hall–Kier alpha value is -4.09. The van der Waals surface area contributed by atoms with Crippen LogP contribution in [-0.4, -0.2) is 44.6 Å². The van der Waals surface area contributed by atoms with E-state index >= 15 is 0 Å². The number of pyridine rings is 1. The molecular weight excluding hydrogens is 482 g/mol. The molecule has 2 aromatic heterocycles. The van der Waals surface area contributed by atoms with E-state index in [9.17, 15) is 22.4 Å². The molecule has 186 valence electrons. The molecule has 1 fully saturated rings. The number of nitrogens with zero attached hydrogens (tertiary/aromatic N) is 4. The van der Waals surface area contributed by atoms with E-state index in [-0.39, 0.29) is 11.7 Å². The Morgan fingerprint density at radius 3 is 2.81 bits per heavy atom. The largest absolute Gasteiger partial charge is 0.573 e. The van der Waals surface area contributed by atoms with Crippen molar-refractivity contribution in [1.29, 1.82) is 0 Å². The van der Waals surface area contributed by atoms with Crippen LogP contribution in [0.25, 0.3) is 21.8 Å². The summed E-state index contributed by atoms with van der Waals surface area (Å²) >= 11 is 0. The zero-order chi connectivity index (χ0) is 25.4. The number of benzene rings is 2. The lowest BCUT2D eigenvalue weighted by atomic mass is 9.93. The van der Waals surface area contributed by atoms with Crippen molar-refractivity contribution >= 4 is 33.5 Å². The van der Waals surface area contributed by atoms with Gasteiger partial charge in [0.05, 0.1) is 28.7 Å². The van der Waals surface area contributed by atoms with Crippen LogP contribution in [0.3, 0.4) is 0 Å². The van der Waals surface area contributed by atoms with Crippen LogP contribution in [0.15, 0.2) is 36.5 Å². The first-order chi connectivity index (χ1) is 17.1. The number of fused-ring (bicyclic) bond motifs is 6. The van der Waals surface area contributed by atoms with Gasteiger partial charge in [0.25, 0.3) is 5.91 Å².